The lowest BCUT2D eigenvalue weighted by Crippen LogP contribution is -2.22. The van der Waals surface area contributed by atoms with Crippen LogP contribution in [0.4, 0.5) is 15.9 Å². The summed E-state index contributed by atoms with van der Waals surface area (Å²) in [5.74, 6) is 0.704. The third kappa shape index (κ3) is 3.74. The number of fused-ring (bicyclic) bond motifs is 1. The molecule has 2 aromatic heterocycles. The zero-order chi connectivity index (χ0) is 22.5. The Morgan fingerprint density at radius 2 is 1.78 bits per heavy atom. The van der Waals surface area contributed by atoms with Gasteiger partial charge in [-0.3, -0.25) is 0 Å². The highest BCUT2D eigenvalue weighted by Gasteiger charge is 2.27. The van der Waals surface area contributed by atoms with Crippen LogP contribution in [0.25, 0.3) is 16.9 Å². The minimum atomic E-state index is -3.51. The molecule has 1 aliphatic rings. The van der Waals surface area contributed by atoms with Crippen LogP contribution in [-0.2, 0) is 10.0 Å². The van der Waals surface area contributed by atoms with Crippen molar-refractivity contribution < 1.29 is 12.8 Å². The van der Waals surface area contributed by atoms with Crippen LogP contribution in [0.2, 0.25) is 0 Å². The third-order valence-corrected chi connectivity index (χ3v) is 7.33. The maximum atomic E-state index is 14.5. The van der Waals surface area contributed by atoms with Gasteiger partial charge >= 0.3 is 0 Å². The molecule has 0 radical (unpaired) electrons. The highest BCUT2D eigenvalue weighted by Crippen LogP contribution is 2.40. The molecular weight excluding hydrogens is 429 g/mol. The van der Waals surface area contributed by atoms with Crippen molar-refractivity contribution in [3.8, 4) is 11.3 Å². The van der Waals surface area contributed by atoms with Gasteiger partial charge in [0.15, 0.2) is 5.65 Å². The van der Waals surface area contributed by atoms with E-state index < -0.39 is 10.0 Å². The molecule has 0 atom stereocenters. The van der Waals surface area contributed by atoms with E-state index in [2.05, 4.69) is 10.3 Å². The zero-order valence-corrected chi connectivity index (χ0v) is 18.5. The fraction of sp³-hybridized carbons (Fsp3) is 0.217. The Morgan fingerprint density at radius 3 is 2.44 bits per heavy atom. The van der Waals surface area contributed by atoms with E-state index in [1.807, 2.05) is 6.07 Å². The molecule has 7 nitrogen and oxygen atoms in total. The Hall–Kier alpha value is -3.30. The van der Waals surface area contributed by atoms with Crippen molar-refractivity contribution in [2.45, 2.75) is 23.7 Å². The van der Waals surface area contributed by atoms with Crippen molar-refractivity contribution >= 4 is 27.2 Å². The highest BCUT2D eigenvalue weighted by atomic mass is 32.2. The second-order valence-corrected chi connectivity index (χ2v) is 10.2. The third-order valence-electron chi connectivity index (χ3n) is 5.50. The molecule has 2 aromatic carbocycles. The summed E-state index contributed by atoms with van der Waals surface area (Å²) in [5.41, 5.74) is 3.17. The number of anilines is 2. The molecule has 1 fully saturated rings. The number of nitrogens with zero attached hydrogens (tertiary/aromatic N) is 4. The first-order valence-corrected chi connectivity index (χ1v) is 11.7. The van der Waals surface area contributed by atoms with Gasteiger partial charge < -0.3 is 5.32 Å². The summed E-state index contributed by atoms with van der Waals surface area (Å²) in [5, 5.41) is 7.99. The second-order valence-electron chi connectivity index (χ2n) is 8.06. The number of rotatable bonds is 6. The predicted octanol–water partition coefficient (Wildman–Crippen LogP) is 4.41. The van der Waals surface area contributed by atoms with E-state index in [4.69, 9.17) is 5.10 Å². The minimum Gasteiger partial charge on any atom is -0.340 e. The summed E-state index contributed by atoms with van der Waals surface area (Å²) in [6.07, 6.45) is 2.21. The van der Waals surface area contributed by atoms with Crippen LogP contribution >= 0.6 is 0 Å². The molecule has 164 valence electrons. The Kier molecular flexibility index (Phi) is 4.94. The van der Waals surface area contributed by atoms with E-state index in [1.54, 1.807) is 53.0 Å². The van der Waals surface area contributed by atoms with Crippen LogP contribution in [0.1, 0.15) is 24.5 Å². The van der Waals surface area contributed by atoms with Gasteiger partial charge in [-0.1, -0.05) is 12.1 Å². The van der Waals surface area contributed by atoms with Crippen molar-refractivity contribution in [1.29, 1.82) is 0 Å². The molecule has 9 heteroatoms. The van der Waals surface area contributed by atoms with E-state index >= 15 is 0 Å². The normalized spacial score (nSPS) is 14.2. The van der Waals surface area contributed by atoms with Crippen molar-refractivity contribution in [2.75, 3.05) is 19.4 Å². The quantitative estimate of drug-likeness (QED) is 0.470. The standard InChI is InChI=1S/C23H22FN5O2S/c1-28(2)32(30,31)17-11-9-16(10-12-17)25-22-14-21(18-5-3-4-6-19(18)24)26-23-13-20(15-7-8-15)27-29(22)23/h3-6,9-15,25H,7-8H2,1-2H3. The Bertz CT molecular complexity index is 1410. The summed E-state index contributed by atoms with van der Waals surface area (Å²) in [6.45, 7) is 0. The smallest absolute Gasteiger partial charge is 0.242 e. The SMILES string of the molecule is CN(C)S(=O)(=O)c1ccc(Nc2cc(-c3ccccc3F)nc3cc(C4CC4)nn23)cc1. The van der Waals surface area contributed by atoms with Crippen molar-refractivity contribution in [3.63, 3.8) is 0 Å². The zero-order valence-electron chi connectivity index (χ0n) is 17.7. The van der Waals surface area contributed by atoms with E-state index in [9.17, 15) is 12.8 Å². The lowest BCUT2D eigenvalue weighted by Gasteiger charge is -2.13. The van der Waals surface area contributed by atoms with Crippen LogP contribution < -0.4 is 5.32 Å². The predicted molar refractivity (Wildman–Crippen MR) is 121 cm³/mol. The largest absolute Gasteiger partial charge is 0.340 e. The minimum absolute atomic E-state index is 0.204. The lowest BCUT2D eigenvalue weighted by molar-refractivity contribution is 0.521. The van der Waals surface area contributed by atoms with E-state index in [1.165, 1.54) is 24.5 Å². The van der Waals surface area contributed by atoms with E-state index in [0.29, 0.717) is 34.3 Å². The van der Waals surface area contributed by atoms with Gasteiger partial charge in [0.25, 0.3) is 0 Å². The number of sulfonamides is 1. The number of benzene rings is 2. The number of halogens is 1. The van der Waals surface area contributed by atoms with Crippen LogP contribution in [-0.4, -0.2) is 41.4 Å². The van der Waals surface area contributed by atoms with E-state index in [-0.39, 0.29) is 10.7 Å². The molecular formula is C23H22FN5O2S. The van der Waals surface area contributed by atoms with Gasteiger partial charge in [0, 0.05) is 43.4 Å². The Morgan fingerprint density at radius 1 is 1.06 bits per heavy atom. The number of aromatic nitrogens is 3. The van der Waals surface area contributed by atoms with Gasteiger partial charge in [0.05, 0.1) is 16.3 Å². The monoisotopic (exact) mass is 451 g/mol. The fourth-order valence-corrected chi connectivity index (χ4v) is 4.44. The van der Waals surface area contributed by atoms with Gasteiger partial charge in [0.2, 0.25) is 10.0 Å². The average Bonchev–Trinajstić information content (AvgIpc) is 3.53. The first-order valence-electron chi connectivity index (χ1n) is 10.3. The number of hydrogen-bond acceptors (Lipinski definition) is 5. The molecule has 0 amide bonds. The first-order chi connectivity index (χ1) is 15.3. The topological polar surface area (TPSA) is 79.6 Å². The van der Waals surface area contributed by atoms with Gasteiger partial charge in [0.1, 0.15) is 11.6 Å². The molecule has 5 rings (SSSR count). The van der Waals surface area contributed by atoms with Crippen LogP contribution in [0.15, 0.2) is 65.6 Å². The first kappa shape index (κ1) is 20.6. The molecule has 4 aromatic rings. The Balaban J connectivity index is 1.57. The molecule has 0 saturated heterocycles. The second kappa shape index (κ2) is 7.68. The highest BCUT2D eigenvalue weighted by molar-refractivity contribution is 7.89. The van der Waals surface area contributed by atoms with Crippen LogP contribution in [0, 0.1) is 5.82 Å². The van der Waals surface area contributed by atoms with Crippen molar-refractivity contribution in [1.82, 2.24) is 18.9 Å². The summed E-state index contributed by atoms with van der Waals surface area (Å²) in [4.78, 5) is 4.84. The number of nitrogens with one attached hydrogen (secondary N) is 1. The Labute approximate surface area is 185 Å². The van der Waals surface area contributed by atoms with Gasteiger partial charge in [-0.15, -0.1) is 0 Å². The van der Waals surface area contributed by atoms with E-state index in [0.717, 1.165) is 18.5 Å². The molecule has 0 aliphatic heterocycles. The average molecular weight is 452 g/mol. The molecule has 1 aliphatic carbocycles. The molecule has 0 spiro atoms. The maximum Gasteiger partial charge on any atom is 0.242 e. The van der Waals surface area contributed by atoms with Crippen molar-refractivity contribution in [2.24, 2.45) is 0 Å². The molecule has 0 unspecified atom stereocenters. The molecule has 2 heterocycles. The fourth-order valence-electron chi connectivity index (χ4n) is 3.54. The molecule has 1 N–H and O–H groups in total. The maximum absolute atomic E-state index is 14.5. The summed E-state index contributed by atoms with van der Waals surface area (Å²) >= 11 is 0. The molecule has 1 saturated carbocycles. The van der Waals surface area contributed by atoms with Crippen LogP contribution in [0.3, 0.4) is 0 Å². The summed E-state index contributed by atoms with van der Waals surface area (Å²) < 4.78 is 42.0. The summed E-state index contributed by atoms with van der Waals surface area (Å²) in [6, 6.07) is 16.7. The van der Waals surface area contributed by atoms with Gasteiger partial charge in [-0.25, -0.2) is 22.1 Å². The molecule has 32 heavy (non-hydrogen) atoms. The lowest BCUT2D eigenvalue weighted by atomic mass is 10.1. The van der Waals surface area contributed by atoms with Gasteiger partial charge in [-0.2, -0.15) is 9.61 Å². The molecule has 0 bridgehead atoms. The number of hydrogen-bond donors (Lipinski definition) is 1. The van der Waals surface area contributed by atoms with Crippen molar-refractivity contribution in [3.05, 3.63) is 72.2 Å². The van der Waals surface area contributed by atoms with Gasteiger partial charge in [-0.05, 0) is 49.2 Å². The van der Waals surface area contributed by atoms with Crippen LogP contribution in [0.5, 0.6) is 0 Å². The summed E-state index contributed by atoms with van der Waals surface area (Å²) in [7, 11) is -0.522.